The fraction of sp³-hybridized carbons (Fsp3) is 0.769. The van der Waals surface area contributed by atoms with Crippen LogP contribution in [0.4, 0.5) is 4.79 Å². The van der Waals surface area contributed by atoms with E-state index in [1.54, 1.807) is 41.5 Å². The summed E-state index contributed by atoms with van der Waals surface area (Å²) in [5.41, 5.74) is -1.42. The number of alkyl carbamates (subject to hydrolysis) is 1. The molecule has 1 atom stereocenters. The second kappa shape index (κ2) is 7.12. The summed E-state index contributed by atoms with van der Waals surface area (Å²) in [5.74, 6) is -0.704. The normalized spacial score (nSPS) is 13.1. The van der Waals surface area contributed by atoms with E-state index < -0.39 is 29.3 Å². The molecule has 0 aromatic carbocycles. The van der Waals surface area contributed by atoms with Crippen LogP contribution in [0.2, 0.25) is 0 Å². The van der Waals surface area contributed by atoms with Crippen LogP contribution >= 0.6 is 0 Å². The zero-order valence-corrected chi connectivity index (χ0v) is 12.8. The molecule has 0 heterocycles. The molecule has 0 bridgehead atoms. The number of carbonyl (C=O) groups excluding carboxylic acids is 3. The Morgan fingerprint density at radius 1 is 1.05 bits per heavy atom. The van der Waals surface area contributed by atoms with Crippen molar-refractivity contribution in [1.29, 1.82) is 0 Å². The number of hydrogen-bond donors (Lipinski definition) is 1. The summed E-state index contributed by atoms with van der Waals surface area (Å²) in [6.45, 7) is 10.0. The molecule has 0 aliphatic rings. The van der Waals surface area contributed by atoms with Crippen LogP contribution in [0.5, 0.6) is 0 Å². The maximum Gasteiger partial charge on any atom is 0.408 e. The first-order chi connectivity index (χ1) is 8.94. The molecular weight excluding hydrogens is 266 g/mol. The molecule has 0 spiro atoms. The van der Waals surface area contributed by atoms with Gasteiger partial charge in [0.15, 0.2) is 6.04 Å². The first-order valence-corrected chi connectivity index (χ1v) is 6.22. The fourth-order valence-corrected chi connectivity index (χ4v) is 1.13. The first-order valence-electron chi connectivity index (χ1n) is 6.22. The molecule has 1 N–H and O–H groups in total. The number of rotatable bonds is 5. The van der Waals surface area contributed by atoms with E-state index in [1.165, 1.54) is 0 Å². The molecule has 0 radical (unpaired) electrons. The minimum Gasteiger partial charge on any atom is -0.465 e. The number of amides is 1. The standard InChI is InChI=1S/C13H23NO6/c1-12(2,3)19-10(16)9(7-18-8-15)14-11(17)20-13(4,5)6/h8-9H,7H2,1-6H3,(H,14,17)/t9-/m0/s1. The Bertz CT molecular complexity index is 353. The van der Waals surface area contributed by atoms with Gasteiger partial charge in [0.05, 0.1) is 0 Å². The average molecular weight is 289 g/mol. The molecule has 0 unspecified atom stereocenters. The van der Waals surface area contributed by atoms with E-state index in [1.807, 2.05) is 0 Å². The molecular formula is C13H23NO6. The third-order valence-electron chi connectivity index (χ3n) is 1.71. The summed E-state index contributed by atoms with van der Waals surface area (Å²) in [7, 11) is 0. The third kappa shape index (κ3) is 9.18. The summed E-state index contributed by atoms with van der Waals surface area (Å²) >= 11 is 0. The zero-order chi connectivity index (χ0) is 16.0. The van der Waals surface area contributed by atoms with Gasteiger partial charge in [-0.2, -0.15) is 0 Å². The molecule has 0 aliphatic carbocycles. The van der Waals surface area contributed by atoms with Gasteiger partial charge in [0, 0.05) is 0 Å². The lowest BCUT2D eigenvalue weighted by molar-refractivity contribution is -0.159. The number of nitrogens with one attached hydrogen (secondary N) is 1. The molecule has 0 aliphatic heterocycles. The molecule has 0 fully saturated rings. The molecule has 0 aromatic rings. The van der Waals surface area contributed by atoms with Crippen molar-refractivity contribution < 1.29 is 28.6 Å². The summed E-state index contributed by atoms with van der Waals surface area (Å²) in [4.78, 5) is 33.7. The molecule has 0 saturated carbocycles. The van der Waals surface area contributed by atoms with Gasteiger partial charge in [-0.1, -0.05) is 0 Å². The predicted octanol–water partition coefficient (Wildman–Crippen LogP) is 1.39. The first kappa shape index (κ1) is 18.2. The van der Waals surface area contributed by atoms with Crippen molar-refractivity contribution in [2.75, 3.05) is 6.61 Å². The van der Waals surface area contributed by atoms with E-state index in [4.69, 9.17) is 9.47 Å². The van der Waals surface area contributed by atoms with Crippen LogP contribution in [0.25, 0.3) is 0 Å². The second-order valence-corrected chi connectivity index (χ2v) is 6.16. The maximum atomic E-state index is 11.9. The van der Waals surface area contributed by atoms with Gasteiger partial charge >= 0.3 is 12.1 Å². The lowest BCUT2D eigenvalue weighted by Gasteiger charge is -2.25. The van der Waals surface area contributed by atoms with Crippen LogP contribution in [0.15, 0.2) is 0 Å². The van der Waals surface area contributed by atoms with Gasteiger partial charge in [0.2, 0.25) is 0 Å². The lowest BCUT2D eigenvalue weighted by atomic mass is 10.2. The van der Waals surface area contributed by atoms with E-state index in [2.05, 4.69) is 10.1 Å². The minimum atomic E-state index is -1.12. The Balaban J connectivity index is 4.67. The third-order valence-corrected chi connectivity index (χ3v) is 1.71. The zero-order valence-electron chi connectivity index (χ0n) is 12.8. The van der Waals surface area contributed by atoms with Crippen molar-refractivity contribution in [3.63, 3.8) is 0 Å². The Kier molecular flexibility index (Phi) is 6.48. The number of carbonyl (C=O) groups is 3. The van der Waals surface area contributed by atoms with Crippen LogP contribution < -0.4 is 5.32 Å². The second-order valence-electron chi connectivity index (χ2n) is 6.16. The Hall–Kier alpha value is -1.79. The summed E-state index contributed by atoms with van der Waals surface area (Å²) in [6.07, 6.45) is -0.789. The smallest absolute Gasteiger partial charge is 0.408 e. The van der Waals surface area contributed by atoms with Crippen molar-refractivity contribution in [3.8, 4) is 0 Å². The predicted molar refractivity (Wildman–Crippen MR) is 71.0 cm³/mol. The van der Waals surface area contributed by atoms with E-state index in [0.717, 1.165) is 0 Å². The molecule has 0 rings (SSSR count). The highest BCUT2D eigenvalue weighted by molar-refractivity contribution is 5.82. The molecule has 20 heavy (non-hydrogen) atoms. The highest BCUT2D eigenvalue weighted by atomic mass is 16.6. The van der Waals surface area contributed by atoms with E-state index in [0.29, 0.717) is 0 Å². The average Bonchev–Trinajstić information content (AvgIpc) is 2.18. The van der Waals surface area contributed by atoms with Crippen molar-refractivity contribution in [2.45, 2.75) is 58.8 Å². The van der Waals surface area contributed by atoms with Crippen molar-refractivity contribution in [3.05, 3.63) is 0 Å². The number of esters is 1. The van der Waals surface area contributed by atoms with Crippen LogP contribution in [0, 0.1) is 0 Å². The van der Waals surface area contributed by atoms with Crippen molar-refractivity contribution in [1.82, 2.24) is 5.32 Å². The largest absolute Gasteiger partial charge is 0.465 e. The lowest BCUT2D eigenvalue weighted by Crippen LogP contribution is -2.48. The summed E-state index contributed by atoms with van der Waals surface area (Å²) in [6, 6.07) is -1.12. The van der Waals surface area contributed by atoms with Gasteiger partial charge in [0.25, 0.3) is 6.47 Å². The van der Waals surface area contributed by atoms with Gasteiger partial charge in [-0.3, -0.25) is 4.79 Å². The highest BCUT2D eigenvalue weighted by Gasteiger charge is 2.29. The Labute approximate surface area is 118 Å². The maximum absolute atomic E-state index is 11.9. The number of ether oxygens (including phenoxy) is 3. The highest BCUT2D eigenvalue weighted by Crippen LogP contribution is 2.10. The monoisotopic (exact) mass is 289 g/mol. The summed E-state index contributed by atoms with van der Waals surface area (Å²) in [5, 5.41) is 2.31. The Morgan fingerprint density at radius 2 is 1.55 bits per heavy atom. The van der Waals surface area contributed by atoms with Gasteiger partial charge in [-0.25, -0.2) is 9.59 Å². The van der Waals surface area contributed by atoms with Crippen LogP contribution in [0.3, 0.4) is 0 Å². The van der Waals surface area contributed by atoms with Gasteiger partial charge in [-0.15, -0.1) is 0 Å². The summed E-state index contributed by atoms with van der Waals surface area (Å²) < 4.78 is 14.7. The fourth-order valence-electron chi connectivity index (χ4n) is 1.13. The van der Waals surface area contributed by atoms with Gasteiger partial charge in [-0.05, 0) is 41.5 Å². The number of hydrogen-bond acceptors (Lipinski definition) is 6. The molecule has 1 amide bonds. The quantitative estimate of drug-likeness (QED) is 0.467. The molecule has 0 saturated heterocycles. The topological polar surface area (TPSA) is 90.9 Å². The van der Waals surface area contributed by atoms with Crippen molar-refractivity contribution >= 4 is 18.5 Å². The Morgan fingerprint density at radius 3 is 1.95 bits per heavy atom. The molecule has 7 heteroatoms. The van der Waals surface area contributed by atoms with Crippen LogP contribution in [-0.2, 0) is 23.8 Å². The van der Waals surface area contributed by atoms with Gasteiger partial charge < -0.3 is 19.5 Å². The van der Waals surface area contributed by atoms with Crippen LogP contribution in [0.1, 0.15) is 41.5 Å². The van der Waals surface area contributed by atoms with Crippen LogP contribution in [-0.4, -0.2) is 42.4 Å². The molecule has 116 valence electrons. The minimum absolute atomic E-state index is 0.189. The molecule has 7 nitrogen and oxygen atoms in total. The van der Waals surface area contributed by atoms with E-state index in [9.17, 15) is 14.4 Å². The van der Waals surface area contributed by atoms with Crippen molar-refractivity contribution in [2.24, 2.45) is 0 Å². The van der Waals surface area contributed by atoms with Gasteiger partial charge in [0.1, 0.15) is 17.8 Å². The SMILES string of the molecule is CC(C)(C)OC(=O)N[C@@H](COC=O)C(=O)OC(C)(C)C. The van der Waals surface area contributed by atoms with E-state index >= 15 is 0 Å². The van der Waals surface area contributed by atoms with E-state index in [-0.39, 0.29) is 13.1 Å². The molecule has 0 aromatic heterocycles.